The summed E-state index contributed by atoms with van der Waals surface area (Å²) in [4.78, 5) is 28.4. The number of nitrogens with one attached hydrogen (secondary N) is 1. The smallest absolute Gasteiger partial charge is 0.262 e. The first-order valence-electron chi connectivity index (χ1n) is 8.65. The molecular weight excluding hydrogens is 304 g/mol. The van der Waals surface area contributed by atoms with Gasteiger partial charge in [0, 0.05) is 38.5 Å². The molecule has 1 N–H and O–H groups in total. The number of halogens is 2. The summed E-state index contributed by atoms with van der Waals surface area (Å²) in [7, 11) is 0. The second-order valence-corrected chi connectivity index (χ2v) is 6.98. The largest absolute Gasteiger partial charge is 0.342 e. The lowest BCUT2D eigenvalue weighted by Crippen LogP contribution is -2.49. The predicted molar refractivity (Wildman–Crippen MR) is 81.1 cm³/mol. The van der Waals surface area contributed by atoms with Crippen LogP contribution in [0.2, 0.25) is 0 Å². The van der Waals surface area contributed by atoms with E-state index in [2.05, 4.69) is 5.32 Å². The van der Waals surface area contributed by atoms with Crippen molar-refractivity contribution in [2.24, 2.45) is 5.92 Å². The second-order valence-electron chi connectivity index (χ2n) is 6.98. The lowest BCUT2D eigenvalue weighted by Gasteiger charge is -2.36. The molecule has 130 valence electrons. The molecule has 3 saturated heterocycles. The second kappa shape index (κ2) is 6.71. The van der Waals surface area contributed by atoms with Gasteiger partial charge in [-0.1, -0.05) is 0 Å². The van der Waals surface area contributed by atoms with Gasteiger partial charge in [-0.25, -0.2) is 8.78 Å². The zero-order valence-electron chi connectivity index (χ0n) is 13.4. The van der Waals surface area contributed by atoms with Crippen molar-refractivity contribution in [1.29, 1.82) is 0 Å². The van der Waals surface area contributed by atoms with Crippen LogP contribution in [-0.4, -0.2) is 66.3 Å². The van der Waals surface area contributed by atoms with E-state index in [1.54, 1.807) is 4.90 Å². The van der Waals surface area contributed by atoms with Crippen LogP contribution in [0, 0.1) is 5.92 Å². The Bertz CT molecular complexity index is 458. The van der Waals surface area contributed by atoms with E-state index >= 15 is 0 Å². The van der Waals surface area contributed by atoms with E-state index in [0.29, 0.717) is 25.9 Å². The average Bonchev–Trinajstić information content (AvgIpc) is 2.94. The fraction of sp³-hybridized carbons (Fsp3) is 0.875. The minimum absolute atomic E-state index is 0.0184. The molecule has 0 radical (unpaired) electrons. The van der Waals surface area contributed by atoms with Gasteiger partial charge in [-0.3, -0.25) is 14.9 Å². The van der Waals surface area contributed by atoms with Gasteiger partial charge in [0.1, 0.15) is 0 Å². The minimum Gasteiger partial charge on any atom is -0.342 e. The maximum atomic E-state index is 13.2. The Hall–Kier alpha value is -1.24. The number of hydrogen-bond donors (Lipinski definition) is 1. The van der Waals surface area contributed by atoms with Crippen LogP contribution in [0.1, 0.15) is 38.5 Å². The highest BCUT2D eigenvalue weighted by Crippen LogP contribution is 2.28. The van der Waals surface area contributed by atoms with E-state index in [1.807, 2.05) is 4.90 Å². The quantitative estimate of drug-likeness (QED) is 0.829. The number of piperidine rings is 2. The van der Waals surface area contributed by atoms with Crippen molar-refractivity contribution >= 4 is 11.8 Å². The Morgan fingerprint density at radius 2 is 1.52 bits per heavy atom. The van der Waals surface area contributed by atoms with Crippen molar-refractivity contribution in [3.05, 3.63) is 0 Å². The van der Waals surface area contributed by atoms with Gasteiger partial charge >= 0.3 is 0 Å². The van der Waals surface area contributed by atoms with Gasteiger partial charge in [0.25, 0.3) is 5.92 Å². The number of amides is 2. The topological polar surface area (TPSA) is 52.7 Å². The van der Waals surface area contributed by atoms with Gasteiger partial charge in [-0.2, -0.15) is 0 Å². The predicted octanol–water partition coefficient (Wildman–Crippen LogP) is 1.23. The summed E-state index contributed by atoms with van der Waals surface area (Å²) in [5, 5.41) is 2.61. The van der Waals surface area contributed by atoms with Crippen molar-refractivity contribution < 1.29 is 18.4 Å². The van der Waals surface area contributed by atoms with E-state index in [0.717, 1.165) is 25.9 Å². The summed E-state index contributed by atoms with van der Waals surface area (Å²) in [5.74, 6) is -2.84. The molecule has 0 aliphatic carbocycles. The van der Waals surface area contributed by atoms with Crippen LogP contribution in [0.3, 0.4) is 0 Å². The Kier molecular flexibility index (Phi) is 4.85. The van der Waals surface area contributed by atoms with Gasteiger partial charge in [0.15, 0.2) is 0 Å². The Labute approximate surface area is 135 Å². The molecule has 7 heteroatoms. The molecule has 3 fully saturated rings. The zero-order valence-corrected chi connectivity index (χ0v) is 13.4. The van der Waals surface area contributed by atoms with Crippen molar-refractivity contribution in [3.63, 3.8) is 0 Å². The van der Waals surface area contributed by atoms with Gasteiger partial charge in [0.05, 0.1) is 12.6 Å². The Morgan fingerprint density at radius 1 is 0.913 bits per heavy atom. The van der Waals surface area contributed by atoms with Crippen LogP contribution in [-0.2, 0) is 9.59 Å². The standard InChI is InChI=1S/C16H25F2N3O2/c17-16(18)10-13(19-11-16)15(23)21-8-4-12(5-9-21)14(22)20-6-2-1-3-7-20/h12-13,19H,1-11H2. The van der Waals surface area contributed by atoms with Crippen LogP contribution in [0.4, 0.5) is 8.78 Å². The lowest BCUT2D eigenvalue weighted by atomic mass is 9.94. The fourth-order valence-corrected chi connectivity index (χ4v) is 3.83. The molecule has 1 unspecified atom stereocenters. The first kappa shape index (κ1) is 16.6. The number of carbonyl (C=O) groups is 2. The minimum atomic E-state index is -2.79. The molecule has 23 heavy (non-hydrogen) atoms. The molecule has 0 aromatic heterocycles. The van der Waals surface area contributed by atoms with Crippen LogP contribution in [0.5, 0.6) is 0 Å². The van der Waals surface area contributed by atoms with Crippen LogP contribution in [0.15, 0.2) is 0 Å². The highest BCUT2D eigenvalue weighted by molar-refractivity contribution is 5.83. The number of alkyl halides is 2. The van der Waals surface area contributed by atoms with E-state index in [4.69, 9.17) is 0 Å². The first-order chi connectivity index (χ1) is 11.0. The normalized spacial score (nSPS) is 28.9. The van der Waals surface area contributed by atoms with Crippen molar-refractivity contribution in [2.45, 2.75) is 50.5 Å². The Morgan fingerprint density at radius 3 is 2.09 bits per heavy atom. The molecule has 5 nitrogen and oxygen atoms in total. The average molecular weight is 329 g/mol. The Balaban J connectivity index is 1.48. The summed E-state index contributed by atoms with van der Waals surface area (Å²) in [6, 6.07) is -0.778. The van der Waals surface area contributed by atoms with E-state index in [1.165, 1.54) is 6.42 Å². The summed E-state index contributed by atoms with van der Waals surface area (Å²) >= 11 is 0. The van der Waals surface area contributed by atoms with Crippen molar-refractivity contribution in [2.75, 3.05) is 32.7 Å². The van der Waals surface area contributed by atoms with Crippen molar-refractivity contribution in [1.82, 2.24) is 15.1 Å². The number of rotatable bonds is 2. The maximum Gasteiger partial charge on any atom is 0.262 e. The van der Waals surface area contributed by atoms with Crippen LogP contribution < -0.4 is 5.32 Å². The van der Waals surface area contributed by atoms with Crippen LogP contribution >= 0.6 is 0 Å². The number of carbonyl (C=O) groups excluding carboxylic acids is 2. The summed E-state index contributed by atoms with van der Waals surface area (Å²) in [6.45, 7) is 2.26. The molecule has 1 atom stereocenters. The highest BCUT2D eigenvalue weighted by atomic mass is 19.3. The monoisotopic (exact) mass is 329 g/mol. The maximum absolute atomic E-state index is 13.2. The molecule has 0 spiro atoms. The molecular formula is C16H25F2N3O2. The molecule has 0 aromatic carbocycles. The number of likely N-dealkylation sites (tertiary alicyclic amines) is 2. The van der Waals surface area contributed by atoms with Crippen LogP contribution in [0.25, 0.3) is 0 Å². The van der Waals surface area contributed by atoms with Gasteiger partial charge in [-0.15, -0.1) is 0 Å². The van der Waals surface area contributed by atoms with Crippen molar-refractivity contribution in [3.8, 4) is 0 Å². The van der Waals surface area contributed by atoms with E-state index in [-0.39, 0.29) is 17.7 Å². The third kappa shape index (κ3) is 3.82. The summed E-state index contributed by atoms with van der Waals surface area (Å²) in [5.41, 5.74) is 0. The summed E-state index contributed by atoms with van der Waals surface area (Å²) < 4.78 is 26.4. The molecule has 0 aromatic rings. The zero-order chi connectivity index (χ0) is 16.4. The lowest BCUT2D eigenvalue weighted by molar-refractivity contribution is -0.142. The first-order valence-corrected chi connectivity index (χ1v) is 8.65. The van der Waals surface area contributed by atoms with E-state index in [9.17, 15) is 18.4 Å². The van der Waals surface area contributed by atoms with Gasteiger partial charge < -0.3 is 9.80 Å². The molecule has 3 heterocycles. The SMILES string of the molecule is O=C(C1CCN(C(=O)C2CC(F)(F)CN2)CC1)N1CCCCC1. The molecule has 3 rings (SSSR count). The highest BCUT2D eigenvalue weighted by Gasteiger charge is 2.44. The third-order valence-corrected chi connectivity index (χ3v) is 5.23. The van der Waals surface area contributed by atoms with Gasteiger partial charge in [0.2, 0.25) is 11.8 Å². The summed E-state index contributed by atoms with van der Waals surface area (Å²) in [6.07, 6.45) is 4.21. The molecule has 3 aliphatic rings. The number of nitrogens with zero attached hydrogens (tertiary/aromatic N) is 2. The number of hydrogen-bond acceptors (Lipinski definition) is 3. The molecule has 3 aliphatic heterocycles. The fourth-order valence-electron chi connectivity index (χ4n) is 3.83. The molecule has 2 amide bonds. The molecule has 0 bridgehead atoms. The molecule has 0 saturated carbocycles. The third-order valence-electron chi connectivity index (χ3n) is 5.23. The van der Waals surface area contributed by atoms with Gasteiger partial charge in [-0.05, 0) is 32.1 Å². The van der Waals surface area contributed by atoms with E-state index < -0.39 is 24.9 Å².